The fourth-order valence-electron chi connectivity index (χ4n) is 2.45. The van der Waals surface area contributed by atoms with Crippen molar-refractivity contribution < 1.29 is 5.11 Å². The van der Waals surface area contributed by atoms with E-state index in [1.807, 2.05) is 12.1 Å². The Hall–Kier alpha value is -1.48. The number of rotatable bonds is 3. The van der Waals surface area contributed by atoms with Gasteiger partial charge in [-0.25, -0.2) is 0 Å². The molecule has 2 rings (SSSR count). The zero-order chi connectivity index (χ0) is 14.9. The van der Waals surface area contributed by atoms with Crippen LogP contribution < -0.4 is 4.90 Å². The monoisotopic (exact) mass is 333 g/mol. The molecule has 0 saturated carbocycles. The number of hydrogen-bond donors (Lipinski definition) is 1. The van der Waals surface area contributed by atoms with Gasteiger partial charge in [0, 0.05) is 22.8 Å². The second-order valence-electron chi connectivity index (χ2n) is 5.34. The third-order valence-electron chi connectivity index (χ3n) is 3.63. The zero-order valence-electron chi connectivity index (χ0n) is 12.3. The van der Waals surface area contributed by atoms with E-state index in [9.17, 15) is 5.11 Å². The number of anilines is 1. The molecule has 0 aliphatic heterocycles. The summed E-state index contributed by atoms with van der Waals surface area (Å²) in [6.07, 6.45) is 0. The minimum atomic E-state index is 0.0914. The van der Waals surface area contributed by atoms with E-state index in [-0.39, 0.29) is 6.04 Å². The average molecular weight is 334 g/mol. The van der Waals surface area contributed by atoms with Crippen molar-refractivity contribution in [2.45, 2.75) is 26.8 Å². The van der Waals surface area contributed by atoms with Crippen LogP contribution in [-0.4, -0.2) is 12.2 Å². The Labute approximate surface area is 129 Å². The van der Waals surface area contributed by atoms with Crippen LogP contribution in [0.25, 0.3) is 0 Å². The van der Waals surface area contributed by atoms with Crippen LogP contribution in [0.15, 0.2) is 40.9 Å². The Morgan fingerprint density at radius 3 is 2.25 bits per heavy atom. The van der Waals surface area contributed by atoms with Crippen molar-refractivity contribution in [3.8, 4) is 5.75 Å². The molecule has 2 aromatic carbocycles. The van der Waals surface area contributed by atoms with Crippen molar-refractivity contribution in [2.24, 2.45) is 0 Å². The van der Waals surface area contributed by atoms with Crippen molar-refractivity contribution in [1.82, 2.24) is 0 Å². The van der Waals surface area contributed by atoms with E-state index in [0.29, 0.717) is 5.75 Å². The van der Waals surface area contributed by atoms with Gasteiger partial charge in [-0.2, -0.15) is 0 Å². The maximum Gasteiger partial charge on any atom is 0.120 e. The smallest absolute Gasteiger partial charge is 0.120 e. The molecule has 0 radical (unpaired) electrons. The van der Waals surface area contributed by atoms with E-state index in [1.54, 1.807) is 6.07 Å². The highest BCUT2D eigenvalue weighted by molar-refractivity contribution is 9.10. The van der Waals surface area contributed by atoms with E-state index in [0.717, 1.165) is 15.7 Å². The summed E-state index contributed by atoms with van der Waals surface area (Å²) >= 11 is 3.46. The van der Waals surface area contributed by atoms with Gasteiger partial charge in [0.1, 0.15) is 5.75 Å². The summed E-state index contributed by atoms with van der Waals surface area (Å²) in [5.74, 6) is 0.330. The van der Waals surface area contributed by atoms with Crippen LogP contribution in [0.1, 0.15) is 29.7 Å². The number of phenols is 1. The number of benzene rings is 2. The molecule has 3 heteroatoms. The third kappa shape index (κ3) is 3.15. The molecule has 0 spiro atoms. The van der Waals surface area contributed by atoms with E-state index in [2.05, 4.69) is 66.8 Å². The van der Waals surface area contributed by atoms with Crippen molar-refractivity contribution >= 4 is 21.6 Å². The van der Waals surface area contributed by atoms with Crippen molar-refractivity contribution in [3.63, 3.8) is 0 Å². The highest BCUT2D eigenvalue weighted by Crippen LogP contribution is 2.33. The Balaban J connectivity index is 2.36. The van der Waals surface area contributed by atoms with Crippen LogP contribution >= 0.6 is 15.9 Å². The van der Waals surface area contributed by atoms with Gasteiger partial charge < -0.3 is 10.0 Å². The topological polar surface area (TPSA) is 23.5 Å². The van der Waals surface area contributed by atoms with Crippen LogP contribution in [0.5, 0.6) is 5.75 Å². The minimum absolute atomic E-state index is 0.0914. The van der Waals surface area contributed by atoms with E-state index in [4.69, 9.17) is 0 Å². The molecule has 1 atom stereocenters. The first-order valence-corrected chi connectivity index (χ1v) is 7.47. The first kappa shape index (κ1) is 14.9. The van der Waals surface area contributed by atoms with Gasteiger partial charge in [-0.05, 0) is 62.2 Å². The second kappa shape index (κ2) is 5.88. The fourth-order valence-corrected chi connectivity index (χ4v) is 2.83. The molecule has 0 bridgehead atoms. The van der Waals surface area contributed by atoms with E-state index >= 15 is 0 Å². The van der Waals surface area contributed by atoms with Crippen LogP contribution in [0.4, 0.5) is 5.69 Å². The molecule has 1 N–H and O–H groups in total. The van der Waals surface area contributed by atoms with Crippen molar-refractivity contribution in [2.75, 3.05) is 11.9 Å². The highest BCUT2D eigenvalue weighted by Gasteiger charge is 2.16. The molecule has 20 heavy (non-hydrogen) atoms. The molecule has 0 fully saturated rings. The summed E-state index contributed by atoms with van der Waals surface area (Å²) in [7, 11) is 2.05. The number of hydrogen-bond acceptors (Lipinski definition) is 2. The summed E-state index contributed by atoms with van der Waals surface area (Å²) < 4.78 is 0.978. The highest BCUT2D eigenvalue weighted by atomic mass is 79.9. The van der Waals surface area contributed by atoms with Gasteiger partial charge >= 0.3 is 0 Å². The molecule has 2 nitrogen and oxygen atoms in total. The number of phenolic OH excluding ortho intramolecular Hbond substituents is 1. The molecular weight excluding hydrogens is 314 g/mol. The Bertz CT molecular complexity index is 604. The summed E-state index contributed by atoms with van der Waals surface area (Å²) in [6, 6.07) is 12.1. The lowest BCUT2D eigenvalue weighted by atomic mass is 10.0. The standard InChI is InChI=1S/C17H20BrNO/c1-11-7-12(2)9-15(8-11)19(4)13(3)16-10-14(18)5-6-17(16)20/h5-10,13,20H,1-4H3. The SMILES string of the molecule is Cc1cc(C)cc(N(C)C(C)c2cc(Br)ccc2O)c1. The van der Waals surface area contributed by atoms with Gasteiger partial charge in [-0.15, -0.1) is 0 Å². The predicted molar refractivity (Wildman–Crippen MR) is 88.5 cm³/mol. The maximum absolute atomic E-state index is 10.1. The maximum atomic E-state index is 10.1. The van der Waals surface area contributed by atoms with Crippen LogP contribution in [0.2, 0.25) is 0 Å². The van der Waals surface area contributed by atoms with Crippen molar-refractivity contribution in [3.05, 3.63) is 57.6 Å². The molecular formula is C17H20BrNO. The lowest BCUT2D eigenvalue weighted by Crippen LogP contribution is -2.21. The van der Waals surface area contributed by atoms with E-state index < -0.39 is 0 Å². The predicted octanol–water partition coefficient (Wildman–Crippen LogP) is 4.97. The summed E-state index contributed by atoms with van der Waals surface area (Å²) in [6.45, 7) is 6.30. The molecule has 0 heterocycles. The van der Waals surface area contributed by atoms with Crippen molar-refractivity contribution in [1.29, 1.82) is 0 Å². The van der Waals surface area contributed by atoms with Gasteiger partial charge in [0.25, 0.3) is 0 Å². The Morgan fingerprint density at radius 1 is 1.05 bits per heavy atom. The van der Waals surface area contributed by atoms with Gasteiger partial charge in [0.2, 0.25) is 0 Å². The quantitative estimate of drug-likeness (QED) is 0.857. The Morgan fingerprint density at radius 2 is 1.65 bits per heavy atom. The summed E-state index contributed by atoms with van der Waals surface area (Å²) in [5, 5.41) is 10.1. The number of halogens is 1. The molecule has 0 saturated heterocycles. The number of aryl methyl sites for hydroxylation is 2. The van der Waals surface area contributed by atoms with E-state index in [1.165, 1.54) is 11.1 Å². The lowest BCUT2D eigenvalue weighted by Gasteiger charge is -2.28. The van der Waals surface area contributed by atoms with Crippen LogP contribution in [-0.2, 0) is 0 Å². The molecule has 2 aromatic rings. The van der Waals surface area contributed by atoms with Gasteiger partial charge in [0.15, 0.2) is 0 Å². The molecule has 0 amide bonds. The van der Waals surface area contributed by atoms with Gasteiger partial charge in [0.05, 0.1) is 6.04 Å². The largest absolute Gasteiger partial charge is 0.508 e. The van der Waals surface area contributed by atoms with Crippen LogP contribution in [0.3, 0.4) is 0 Å². The lowest BCUT2D eigenvalue weighted by molar-refractivity contribution is 0.462. The first-order chi connectivity index (χ1) is 9.38. The molecule has 1 unspecified atom stereocenters. The molecule has 0 aliphatic carbocycles. The molecule has 106 valence electrons. The third-order valence-corrected chi connectivity index (χ3v) is 4.13. The Kier molecular flexibility index (Phi) is 4.39. The normalized spacial score (nSPS) is 12.2. The first-order valence-electron chi connectivity index (χ1n) is 6.68. The fraction of sp³-hybridized carbons (Fsp3) is 0.294. The minimum Gasteiger partial charge on any atom is -0.508 e. The summed E-state index contributed by atoms with van der Waals surface area (Å²) in [5.41, 5.74) is 4.57. The van der Waals surface area contributed by atoms with Crippen LogP contribution in [0, 0.1) is 13.8 Å². The number of aromatic hydroxyl groups is 1. The van der Waals surface area contributed by atoms with Gasteiger partial charge in [-0.3, -0.25) is 0 Å². The average Bonchev–Trinajstić information content (AvgIpc) is 2.38. The zero-order valence-corrected chi connectivity index (χ0v) is 13.9. The molecule has 0 aliphatic rings. The molecule has 0 aromatic heterocycles. The number of nitrogens with zero attached hydrogens (tertiary/aromatic N) is 1. The van der Waals surface area contributed by atoms with Gasteiger partial charge in [-0.1, -0.05) is 22.0 Å². The second-order valence-corrected chi connectivity index (χ2v) is 6.25. The summed E-state index contributed by atoms with van der Waals surface area (Å²) in [4.78, 5) is 2.18.